The minimum Gasteiger partial charge on any atom is -0.349 e. The van der Waals surface area contributed by atoms with Crippen molar-refractivity contribution in [2.45, 2.75) is 19.8 Å². The lowest BCUT2D eigenvalue weighted by atomic mass is 9.97. The maximum atomic E-state index is 11.7. The van der Waals surface area contributed by atoms with Crippen LogP contribution in [-0.2, 0) is 0 Å². The van der Waals surface area contributed by atoms with Crippen LogP contribution in [0.1, 0.15) is 29.3 Å². The van der Waals surface area contributed by atoms with Crippen LogP contribution in [0.5, 0.6) is 0 Å². The van der Waals surface area contributed by atoms with E-state index in [1.165, 1.54) is 0 Å². The number of hydrogen-bond donors (Lipinski definition) is 2. The first-order valence-corrected chi connectivity index (χ1v) is 6.01. The minimum absolute atomic E-state index is 0.187. The number of rotatable bonds is 3. The SMILES string of the molecule is Cc1nc(C(=O)NCC2CCN(C)CC2)n[nH]1. The molecule has 0 aliphatic carbocycles. The Bertz CT molecular complexity index is 381. The van der Waals surface area contributed by atoms with Crippen LogP contribution < -0.4 is 5.32 Å². The highest BCUT2D eigenvalue weighted by atomic mass is 16.2. The lowest BCUT2D eigenvalue weighted by Gasteiger charge is -2.28. The van der Waals surface area contributed by atoms with E-state index in [0.29, 0.717) is 11.7 Å². The van der Waals surface area contributed by atoms with Gasteiger partial charge in [-0.05, 0) is 45.8 Å². The van der Waals surface area contributed by atoms with Crippen molar-refractivity contribution in [3.63, 3.8) is 0 Å². The quantitative estimate of drug-likeness (QED) is 0.786. The minimum atomic E-state index is -0.187. The maximum Gasteiger partial charge on any atom is 0.290 e. The fourth-order valence-electron chi connectivity index (χ4n) is 2.03. The Kier molecular flexibility index (Phi) is 3.73. The van der Waals surface area contributed by atoms with Crippen molar-refractivity contribution in [3.05, 3.63) is 11.6 Å². The van der Waals surface area contributed by atoms with Gasteiger partial charge in [-0.3, -0.25) is 9.89 Å². The molecule has 6 nitrogen and oxygen atoms in total. The van der Waals surface area contributed by atoms with Gasteiger partial charge in [-0.2, -0.15) is 0 Å². The molecular formula is C11H19N5O. The van der Waals surface area contributed by atoms with E-state index in [1.54, 1.807) is 6.92 Å². The summed E-state index contributed by atoms with van der Waals surface area (Å²) in [7, 11) is 2.13. The van der Waals surface area contributed by atoms with Gasteiger partial charge in [0, 0.05) is 6.54 Å². The number of piperidine rings is 1. The molecule has 0 aromatic carbocycles. The molecule has 1 saturated heterocycles. The smallest absolute Gasteiger partial charge is 0.290 e. The zero-order valence-electron chi connectivity index (χ0n) is 10.4. The van der Waals surface area contributed by atoms with Gasteiger partial charge in [0.1, 0.15) is 5.82 Å². The maximum absolute atomic E-state index is 11.7. The molecule has 17 heavy (non-hydrogen) atoms. The fraction of sp³-hybridized carbons (Fsp3) is 0.727. The van der Waals surface area contributed by atoms with E-state index < -0.39 is 0 Å². The molecule has 2 N–H and O–H groups in total. The zero-order chi connectivity index (χ0) is 12.3. The molecule has 2 heterocycles. The van der Waals surface area contributed by atoms with Crippen LogP contribution in [0.4, 0.5) is 0 Å². The van der Waals surface area contributed by atoms with Crippen LogP contribution in [0.2, 0.25) is 0 Å². The van der Waals surface area contributed by atoms with Gasteiger partial charge in [0.05, 0.1) is 0 Å². The van der Waals surface area contributed by atoms with E-state index in [0.717, 1.165) is 32.5 Å². The summed E-state index contributed by atoms with van der Waals surface area (Å²) in [5.41, 5.74) is 0. The van der Waals surface area contributed by atoms with E-state index in [4.69, 9.17) is 0 Å². The molecule has 0 unspecified atom stereocenters. The number of nitrogens with one attached hydrogen (secondary N) is 2. The number of aromatic nitrogens is 3. The van der Waals surface area contributed by atoms with Crippen LogP contribution >= 0.6 is 0 Å². The lowest BCUT2D eigenvalue weighted by molar-refractivity contribution is 0.0929. The van der Waals surface area contributed by atoms with Crippen LogP contribution in [0, 0.1) is 12.8 Å². The number of hydrogen-bond acceptors (Lipinski definition) is 4. The van der Waals surface area contributed by atoms with Gasteiger partial charge in [0.25, 0.3) is 5.91 Å². The molecule has 1 aromatic rings. The highest BCUT2D eigenvalue weighted by Crippen LogP contribution is 2.14. The standard InChI is InChI=1S/C11H19N5O/c1-8-13-10(15-14-8)11(17)12-7-9-3-5-16(2)6-4-9/h9H,3-7H2,1-2H3,(H,12,17)(H,13,14,15). The van der Waals surface area contributed by atoms with Crippen molar-refractivity contribution < 1.29 is 4.79 Å². The molecule has 2 rings (SSSR count). The number of H-pyrrole nitrogens is 1. The molecule has 1 fully saturated rings. The van der Waals surface area contributed by atoms with Gasteiger partial charge in [-0.1, -0.05) is 0 Å². The van der Waals surface area contributed by atoms with E-state index in [9.17, 15) is 4.79 Å². The van der Waals surface area contributed by atoms with Crippen molar-refractivity contribution in [1.82, 2.24) is 25.4 Å². The third kappa shape index (κ3) is 3.26. The highest BCUT2D eigenvalue weighted by molar-refractivity contribution is 5.90. The number of carbonyl (C=O) groups excluding carboxylic acids is 1. The first-order chi connectivity index (χ1) is 8.15. The first kappa shape index (κ1) is 12.0. The normalized spacial score (nSPS) is 18.2. The van der Waals surface area contributed by atoms with Gasteiger partial charge in [0.15, 0.2) is 0 Å². The summed E-state index contributed by atoms with van der Waals surface area (Å²) in [6.45, 7) is 4.72. The Morgan fingerprint density at radius 3 is 2.82 bits per heavy atom. The molecule has 0 atom stereocenters. The Morgan fingerprint density at radius 1 is 1.53 bits per heavy atom. The molecule has 6 heteroatoms. The molecule has 0 radical (unpaired) electrons. The average molecular weight is 237 g/mol. The Morgan fingerprint density at radius 2 is 2.24 bits per heavy atom. The zero-order valence-corrected chi connectivity index (χ0v) is 10.4. The topological polar surface area (TPSA) is 73.9 Å². The third-order valence-electron chi connectivity index (χ3n) is 3.19. The second-order valence-electron chi connectivity index (χ2n) is 4.70. The molecule has 1 aromatic heterocycles. The number of nitrogens with zero attached hydrogens (tertiary/aromatic N) is 3. The van der Waals surface area contributed by atoms with Crippen molar-refractivity contribution in [1.29, 1.82) is 0 Å². The summed E-state index contributed by atoms with van der Waals surface area (Å²) in [6, 6.07) is 0. The van der Waals surface area contributed by atoms with Crippen LogP contribution in [0.15, 0.2) is 0 Å². The molecule has 0 saturated carbocycles. The second-order valence-corrected chi connectivity index (χ2v) is 4.70. The monoisotopic (exact) mass is 237 g/mol. The van der Waals surface area contributed by atoms with Crippen molar-refractivity contribution in [2.75, 3.05) is 26.7 Å². The summed E-state index contributed by atoms with van der Waals surface area (Å²) in [5, 5.41) is 9.39. The van der Waals surface area contributed by atoms with E-state index >= 15 is 0 Å². The number of likely N-dealkylation sites (tertiary alicyclic amines) is 1. The van der Waals surface area contributed by atoms with Gasteiger partial charge in [-0.25, -0.2) is 4.98 Å². The van der Waals surface area contributed by atoms with E-state index in [2.05, 4.69) is 32.4 Å². The largest absolute Gasteiger partial charge is 0.349 e. The molecule has 0 bridgehead atoms. The summed E-state index contributed by atoms with van der Waals surface area (Å²) < 4.78 is 0. The Balaban J connectivity index is 1.76. The van der Waals surface area contributed by atoms with Gasteiger partial charge < -0.3 is 10.2 Å². The van der Waals surface area contributed by atoms with Crippen LogP contribution in [0.25, 0.3) is 0 Å². The number of aromatic amines is 1. The van der Waals surface area contributed by atoms with Gasteiger partial charge >= 0.3 is 0 Å². The Hall–Kier alpha value is -1.43. The lowest BCUT2D eigenvalue weighted by Crippen LogP contribution is -2.37. The molecule has 1 aliphatic rings. The third-order valence-corrected chi connectivity index (χ3v) is 3.19. The van der Waals surface area contributed by atoms with E-state index in [1.807, 2.05) is 0 Å². The number of aryl methyl sites for hydroxylation is 1. The van der Waals surface area contributed by atoms with Crippen molar-refractivity contribution >= 4 is 5.91 Å². The van der Waals surface area contributed by atoms with Crippen LogP contribution in [-0.4, -0.2) is 52.7 Å². The molecule has 0 spiro atoms. The van der Waals surface area contributed by atoms with Crippen LogP contribution in [0.3, 0.4) is 0 Å². The number of carbonyl (C=O) groups is 1. The summed E-state index contributed by atoms with van der Waals surface area (Å²) >= 11 is 0. The second kappa shape index (κ2) is 5.27. The van der Waals surface area contributed by atoms with E-state index in [-0.39, 0.29) is 11.7 Å². The summed E-state index contributed by atoms with van der Waals surface area (Å²) in [6.07, 6.45) is 2.29. The van der Waals surface area contributed by atoms with Gasteiger partial charge in [-0.15, -0.1) is 5.10 Å². The number of amides is 1. The van der Waals surface area contributed by atoms with Crippen molar-refractivity contribution in [3.8, 4) is 0 Å². The Labute approximate surface area is 101 Å². The van der Waals surface area contributed by atoms with Crippen molar-refractivity contribution in [2.24, 2.45) is 5.92 Å². The average Bonchev–Trinajstić information content (AvgIpc) is 2.75. The summed E-state index contributed by atoms with van der Waals surface area (Å²) in [5.74, 6) is 1.29. The predicted molar refractivity (Wildman–Crippen MR) is 63.7 cm³/mol. The summed E-state index contributed by atoms with van der Waals surface area (Å²) in [4.78, 5) is 18.0. The molecule has 1 aliphatic heterocycles. The molecule has 1 amide bonds. The fourth-order valence-corrected chi connectivity index (χ4v) is 2.03. The van der Waals surface area contributed by atoms with Gasteiger partial charge in [0.2, 0.25) is 5.82 Å². The first-order valence-electron chi connectivity index (χ1n) is 6.01. The highest BCUT2D eigenvalue weighted by Gasteiger charge is 2.18. The molecule has 94 valence electrons. The molecular weight excluding hydrogens is 218 g/mol. The predicted octanol–water partition coefficient (Wildman–Crippen LogP) is 0.185.